The van der Waals surface area contributed by atoms with E-state index in [2.05, 4.69) is 4.99 Å². The lowest BCUT2D eigenvalue weighted by atomic mass is 9.97. The third-order valence-corrected chi connectivity index (χ3v) is 11.1. The highest BCUT2D eigenvalue weighted by atomic mass is 32.2. The molecule has 43 heavy (non-hydrogen) atoms. The van der Waals surface area contributed by atoms with Crippen LogP contribution in [0.3, 0.4) is 0 Å². The first kappa shape index (κ1) is 29.3. The minimum atomic E-state index is -3.66. The van der Waals surface area contributed by atoms with Gasteiger partial charge in [-0.3, -0.25) is 9.59 Å². The summed E-state index contributed by atoms with van der Waals surface area (Å²) in [7, 11) is -3.66. The van der Waals surface area contributed by atoms with Crippen molar-refractivity contribution in [3.8, 4) is 16.9 Å². The minimum absolute atomic E-state index is 0.153. The Labute approximate surface area is 255 Å². The van der Waals surface area contributed by atoms with Crippen LogP contribution >= 0.6 is 11.8 Å². The summed E-state index contributed by atoms with van der Waals surface area (Å²) in [6.07, 6.45) is 8.67. The van der Waals surface area contributed by atoms with E-state index in [9.17, 15) is 18.0 Å². The number of thioether (sulfide) groups is 1. The van der Waals surface area contributed by atoms with E-state index in [0.29, 0.717) is 65.9 Å². The monoisotopic (exact) mass is 618 g/mol. The summed E-state index contributed by atoms with van der Waals surface area (Å²) in [5.41, 5.74) is 8.19. The predicted molar refractivity (Wildman–Crippen MR) is 168 cm³/mol. The fourth-order valence-electron chi connectivity index (χ4n) is 5.69. The van der Waals surface area contributed by atoms with Crippen LogP contribution in [0.2, 0.25) is 0 Å². The van der Waals surface area contributed by atoms with Crippen LogP contribution in [-0.4, -0.2) is 70.6 Å². The molecule has 224 valence electrons. The van der Waals surface area contributed by atoms with E-state index < -0.39 is 10.0 Å². The zero-order valence-electron chi connectivity index (χ0n) is 23.8. The van der Waals surface area contributed by atoms with Gasteiger partial charge in [-0.15, -0.1) is 0 Å². The molecule has 2 aromatic carbocycles. The average Bonchev–Trinajstić information content (AvgIpc) is 3.49. The van der Waals surface area contributed by atoms with Crippen molar-refractivity contribution in [3.63, 3.8) is 0 Å². The summed E-state index contributed by atoms with van der Waals surface area (Å²) in [6, 6.07) is 16.5. The van der Waals surface area contributed by atoms with Gasteiger partial charge >= 0.3 is 0 Å². The molecular weight excluding hydrogens is 585 g/mol. The number of likely N-dealkylation sites (tertiary alicyclic amines) is 1. The number of rotatable bonds is 6. The van der Waals surface area contributed by atoms with E-state index in [-0.39, 0.29) is 22.6 Å². The summed E-state index contributed by atoms with van der Waals surface area (Å²) in [6.45, 7) is 2.26. The van der Waals surface area contributed by atoms with Crippen LogP contribution in [0, 0.1) is 5.92 Å². The number of sulfonamides is 1. The van der Waals surface area contributed by atoms with Gasteiger partial charge in [0.2, 0.25) is 15.9 Å². The third kappa shape index (κ3) is 6.31. The topological polar surface area (TPSA) is 131 Å². The van der Waals surface area contributed by atoms with E-state index in [1.807, 2.05) is 47.5 Å². The van der Waals surface area contributed by atoms with Crippen molar-refractivity contribution >= 4 is 44.8 Å². The number of primary amides is 1. The van der Waals surface area contributed by atoms with Crippen molar-refractivity contribution in [3.05, 3.63) is 71.3 Å². The van der Waals surface area contributed by atoms with Crippen LogP contribution in [-0.2, 0) is 19.6 Å². The number of amidine groups is 1. The lowest BCUT2D eigenvalue weighted by Gasteiger charge is -2.31. The fourth-order valence-corrected chi connectivity index (χ4v) is 8.21. The molecule has 0 spiro atoms. The van der Waals surface area contributed by atoms with E-state index in [1.165, 1.54) is 11.8 Å². The summed E-state index contributed by atoms with van der Waals surface area (Å²) in [5, 5.41) is 5.47. The van der Waals surface area contributed by atoms with Crippen molar-refractivity contribution in [1.29, 1.82) is 0 Å². The minimum Gasteiger partial charge on any atom is -0.369 e. The molecule has 12 heteroatoms. The number of amides is 2. The largest absolute Gasteiger partial charge is 0.369 e. The van der Waals surface area contributed by atoms with Gasteiger partial charge in [0.15, 0.2) is 5.17 Å². The standard InChI is InChI=1S/C31H34N6O4S2/c32-29(38)22-13-17-35(18-14-22)31-33-30(39)27(42-31)20-24-21-37(25-10-4-3-5-11-25)34-28(24)23-9-8-12-26(19-23)43(40,41)36-15-6-1-2-7-16-36/h3-5,8-12,19-22H,1-2,6-7,13-18H2,(H2,32,38). The van der Waals surface area contributed by atoms with Crippen molar-refractivity contribution in [2.24, 2.45) is 16.6 Å². The Bertz CT molecular complexity index is 1680. The number of aliphatic imine (C=N–C) groups is 1. The van der Waals surface area contributed by atoms with Gasteiger partial charge in [0.25, 0.3) is 5.91 Å². The summed E-state index contributed by atoms with van der Waals surface area (Å²) < 4.78 is 30.5. The molecule has 2 N–H and O–H groups in total. The molecule has 0 aliphatic carbocycles. The van der Waals surface area contributed by atoms with Gasteiger partial charge in [0, 0.05) is 49.4 Å². The normalized spacial score (nSPS) is 19.9. The maximum Gasteiger partial charge on any atom is 0.286 e. The molecule has 2 saturated heterocycles. The average molecular weight is 619 g/mol. The zero-order valence-corrected chi connectivity index (χ0v) is 25.4. The first-order valence-electron chi connectivity index (χ1n) is 14.6. The van der Waals surface area contributed by atoms with Gasteiger partial charge < -0.3 is 10.6 Å². The Morgan fingerprint density at radius 2 is 1.67 bits per heavy atom. The van der Waals surface area contributed by atoms with E-state index in [1.54, 1.807) is 33.3 Å². The molecule has 10 nitrogen and oxygen atoms in total. The number of carbonyl (C=O) groups is 2. The Kier molecular flexibility index (Phi) is 8.51. The van der Waals surface area contributed by atoms with Crippen molar-refractivity contribution in [2.45, 2.75) is 43.4 Å². The highest BCUT2D eigenvalue weighted by Gasteiger charge is 2.31. The summed E-state index contributed by atoms with van der Waals surface area (Å²) in [4.78, 5) is 31.6. The second kappa shape index (κ2) is 12.5. The number of piperidine rings is 1. The third-order valence-electron chi connectivity index (χ3n) is 8.14. The Balaban J connectivity index is 1.32. The summed E-state index contributed by atoms with van der Waals surface area (Å²) >= 11 is 1.30. The van der Waals surface area contributed by atoms with Crippen LogP contribution in [0.25, 0.3) is 23.0 Å². The smallest absolute Gasteiger partial charge is 0.286 e. The first-order valence-corrected chi connectivity index (χ1v) is 16.9. The molecule has 1 aromatic heterocycles. The van der Waals surface area contributed by atoms with Gasteiger partial charge in [0.05, 0.1) is 15.5 Å². The highest BCUT2D eigenvalue weighted by Crippen LogP contribution is 2.35. The number of aromatic nitrogens is 2. The van der Waals surface area contributed by atoms with Gasteiger partial charge in [0.1, 0.15) is 5.69 Å². The molecular formula is C31H34N6O4S2. The van der Waals surface area contributed by atoms with Crippen LogP contribution in [0.5, 0.6) is 0 Å². The molecule has 0 bridgehead atoms. The maximum absolute atomic E-state index is 13.6. The van der Waals surface area contributed by atoms with Gasteiger partial charge in [-0.25, -0.2) is 13.1 Å². The van der Waals surface area contributed by atoms with Gasteiger partial charge in [-0.1, -0.05) is 43.2 Å². The van der Waals surface area contributed by atoms with Crippen molar-refractivity contribution < 1.29 is 18.0 Å². The Hall–Kier alpha value is -3.74. The molecule has 0 saturated carbocycles. The number of benzene rings is 2. The maximum atomic E-state index is 13.6. The molecule has 3 aromatic rings. The van der Waals surface area contributed by atoms with Gasteiger partial charge in [-0.2, -0.15) is 14.4 Å². The number of hydrogen-bond donors (Lipinski definition) is 1. The van der Waals surface area contributed by atoms with Gasteiger partial charge in [-0.05, 0) is 67.8 Å². The molecule has 2 fully saturated rings. The predicted octanol–water partition coefficient (Wildman–Crippen LogP) is 4.27. The number of carbonyl (C=O) groups excluding carboxylic acids is 2. The highest BCUT2D eigenvalue weighted by molar-refractivity contribution is 8.18. The van der Waals surface area contributed by atoms with E-state index >= 15 is 0 Å². The molecule has 4 heterocycles. The number of hydrogen-bond acceptors (Lipinski definition) is 7. The molecule has 0 atom stereocenters. The Morgan fingerprint density at radius 1 is 0.953 bits per heavy atom. The summed E-state index contributed by atoms with van der Waals surface area (Å²) in [5.74, 6) is -0.782. The molecule has 0 radical (unpaired) electrons. The van der Waals surface area contributed by atoms with Crippen LogP contribution in [0.4, 0.5) is 0 Å². The lowest BCUT2D eigenvalue weighted by molar-refractivity contribution is -0.123. The van der Waals surface area contributed by atoms with Crippen molar-refractivity contribution in [2.75, 3.05) is 26.2 Å². The number of nitrogens with zero attached hydrogens (tertiary/aromatic N) is 5. The van der Waals surface area contributed by atoms with E-state index in [4.69, 9.17) is 10.8 Å². The molecule has 3 aliphatic heterocycles. The van der Waals surface area contributed by atoms with Crippen LogP contribution in [0.1, 0.15) is 44.1 Å². The fraction of sp³-hybridized carbons (Fsp3) is 0.355. The number of para-hydroxylation sites is 1. The lowest BCUT2D eigenvalue weighted by Crippen LogP contribution is -2.40. The first-order chi connectivity index (χ1) is 20.8. The van der Waals surface area contributed by atoms with E-state index in [0.717, 1.165) is 31.4 Å². The second-order valence-electron chi connectivity index (χ2n) is 11.0. The van der Waals surface area contributed by atoms with Crippen LogP contribution in [0.15, 0.2) is 75.6 Å². The molecule has 0 unspecified atom stereocenters. The quantitative estimate of drug-likeness (QED) is 0.408. The Morgan fingerprint density at radius 3 is 2.37 bits per heavy atom. The molecule has 2 amide bonds. The SMILES string of the molecule is NC(=O)C1CCN(C2=NC(=O)C(=Cc3cn(-c4ccccc4)nc3-c3cccc(S(=O)(=O)N4CCCCCC4)c3)S2)CC1. The van der Waals surface area contributed by atoms with Crippen molar-refractivity contribution in [1.82, 2.24) is 19.0 Å². The van der Waals surface area contributed by atoms with Crippen LogP contribution < -0.4 is 5.73 Å². The molecule has 6 rings (SSSR count). The zero-order chi connectivity index (χ0) is 30.0. The second-order valence-corrected chi connectivity index (χ2v) is 14.0. The molecule has 3 aliphatic rings. The number of nitrogens with two attached hydrogens (primary N) is 1.